The van der Waals surface area contributed by atoms with E-state index in [1.165, 1.54) is 0 Å². The fraction of sp³-hybridized carbons (Fsp3) is 0.0250. The number of amidine groups is 2. The van der Waals surface area contributed by atoms with Crippen molar-refractivity contribution in [3.05, 3.63) is 156 Å². The normalized spacial score (nSPS) is 12.4. The molecule has 5 nitrogen and oxygen atoms in total. The molecule has 0 saturated carbocycles. The molecular formula is C40H27N3O2. The molecular weight excluding hydrogens is 554 g/mol. The first-order valence-corrected chi connectivity index (χ1v) is 14.8. The number of nitrogens with zero attached hydrogens (tertiary/aromatic N) is 3. The van der Waals surface area contributed by atoms with E-state index in [2.05, 4.69) is 66.3 Å². The molecule has 8 rings (SSSR count). The van der Waals surface area contributed by atoms with E-state index >= 15 is 0 Å². The highest BCUT2D eigenvalue weighted by Gasteiger charge is 2.17. The van der Waals surface area contributed by atoms with E-state index in [1.54, 1.807) is 0 Å². The Bertz CT molecular complexity index is 2420. The third-order valence-electron chi connectivity index (χ3n) is 8.10. The van der Waals surface area contributed by atoms with Gasteiger partial charge in [0.2, 0.25) is 0 Å². The van der Waals surface area contributed by atoms with E-state index in [4.69, 9.17) is 18.8 Å². The van der Waals surface area contributed by atoms with Gasteiger partial charge in [-0.2, -0.15) is 0 Å². The van der Waals surface area contributed by atoms with Crippen LogP contribution in [0.2, 0.25) is 0 Å². The van der Waals surface area contributed by atoms with Crippen LogP contribution < -0.4 is 0 Å². The van der Waals surface area contributed by atoms with Crippen molar-refractivity contribution in [1.29, 1.82) is 0 Å². The summed E-state index contributed by atoms with van der Waals surface area (Å²) in [4.78, 5) is 14.5. The van der Waals surface area contributed by atoms with Gasteiger partial charge in [-0.25, -0.2) is 9.98 Å². The second-order valence-electron chi connectivity index (χ2n) is 10.9. The predicted molar refractivity (Wildman–Crippen MR) is 186 cm³/mol. The van der Waals surface area contributed by atoms with Gasteiger partial charge in [0.1, 0.15) is 22.3 Å². The number of hydrogen-bond donors (Lipinski definition) is 0. The van der Waals surface area contributed by atoms with Crippen LogP contribution in [-0.2, 0) is 6.54 Å². The Morgan fingerprint density at radius 3 is 2.07 bits per heavy atom. The summed E-state index contributed by atoms with van der Waals surface area (Å²) in [6.07, 6.45) is 0. The minimum Gasteiger partial charge on any atom is -0.456 e. The number of rotatable bonds is 5. The van der Waals surface area contributed by atoms with Crippen LogP contribution in [-0.4, -0.2) is 18.4 Å². The van der Waals surface area contributed by atoms with Crippen molar-refractivity contribution in [3.8, 4) is 11.1 Å². The molecule has 2 heterocycles. The summed E-state index contributed by atoms with van der Waals surface area (Å²) < 4.78 is 12.6. The standard InChI is InChI=1S/C40H27N3O2/c1-41-40(33-16-10-18-35-38(33)32-22-19-28(23-37(32)45-35)27-13-6-3-7-14-27)43-39(42-25-26-11-4-2-5-12-26)29-20-21-31-30-15-8-9-17-34(30)44-36(31)24-29/h2-24H,1,25H2/b42-39-,43-40-. The van der Waals surface area contributed by atoms with Crippen molar-refractivity contribution >= 4 is 62.3 Å². The number of aliphatic imine (C=N–C) groups is 3. The largest absolute Gasteiger partial charge is 0.456 e. The molecule has 0 fully saturated rings. The Balaban J connectivity index is 1.27. The highest BCUT2D eigenvalue weighted by Crippen LogP contribution is 2.35. The quantitative estimate of drug-likeness (QED) is 0.150. The van der Waals surface area contributed by atoms with Gasteiger partial charge in [-0.1, -0.05) is 103 Å². The molecule has 214 valence electrons. The Labute approximate surface area is 259 Å². The fourth-order valence-electron chi connectivity index (χ4n) is 5.91. The predicted octanol–water partition coefficient (Wildman–Crippen LogP) is 10.2. The Hall–Kier alpha value is -6.07. The van der Waals surface area contributed by atoms with Crippen LogP contribution >= 0.6 is 0 Å². The zero-order valence-electron chi connectivity index (χ0n) is 24.4. The molecule has 45 heavy (non-hydrogen) atoms. The lowest BCUT2D eigenvalue weighted by Gasteiger charge is -2.07. The van der Waals surface area contributed by atoms with Crippen LogP contribution in [0, 0.1) is 0 Å². The fourth-order valence-corrected chi connectivity index (χ4v) is 5.91. The van der Waals surface area contributed by atoms with Crippen molar-refractivity contribution in [2.24, 2.45) is 15.0 Å². The van der Waals surface area contributed by atoms with Gasteiger partial charge in [0, 0.05) is 32.7 Å². The van der Waals surface area contributed by atoms with Gasteiger partial charge in [0.05, 0.1) is 6.54 Å². The number of fused-ring (bicyclic) bond motifs is 6. The minimum atomic E-state index is 0.462. The molecule has 0 radical (unpaired) electrons. The molecule has 0 saturated heterocycles. The first-order valence-electron chi connectivity index (χ1n) is 14.8. The second kappa shape index (κ2) is 11.2. The molecule has 6 aromatic carbocycles. The average molecular weight is 582 g/mol. The van der Waals surface area contributed by atoms with E-state index in [9.17, 15) is 0 Å². The van der Waals surface area contributed by atoms with Crippen molar-refractivity contribution in [2.45, 2.75) is 6.54 Å². The van der Waals surface area contributed by atoms with Gasteiger partial charge in [0.15, 0.2) is 11.7 Å². The zero-order chi connectivity index (χ0) is 30.2. The van der Waals surface area contributed by atoms with Gasteiger partial charge in [-0.3, -0.25) is 4.99 Å². The van der Waals surface area contributed by atoms with E-state index in [-0.39, 0.29) is 0 Å². The van der Waals surface area contributed by atoms with Gasteiger partial charge >= 0.3 is 0 Å². The topological polar surface area (TPSA) is 63.4 Å². The van der Waals surface area contributed by atoms with E-state index in [1.807, 2.05) is 84.9 Å². The summed E-state index contributed by atoms with van der Waals surface area (Å²) in [6.45, 7) is 4.38. The lowest BCUT2D eigenvalue weighted by Crippen LogP contribution is -2.06. The first-order chi connectivity index (χ1) is 22.2. The van der Waals surface area contributed by atoms with Gasteiger partial charge in [-0.05, 0) is 59.8 Å². The summed E-state index contributed by atoms with van der Waals surface area (Å²) in [5, 5.41) is 4.05. The van der Waals surface area contributed by atoms with E-state index in [0.717, 1.165) is 71.7 Å². The van der Waals surface area contributed by atoms with Crippen LogP contribution in [0.4, 0.5) is 0 Å². The Morgan fingerprint density at radius 2 is 1.22 bits per heavy atom. The van der Waals surface area contributed by atoms with E-state index < -0.39 is 0 Å². The van der Waals surface area contributed by atoms with Crippen LogP contribution in [0.25, 0.3) is 55.0 Å². The molecule has 0 amide bonds. The molecule has 0 aliphatic heterocycles. The van der Waals surface area contributed by atoms with Gasteiger partial charge in [-0.15, -0.1) is 0 Å². The number of hydrogen-bond acceptors (Lipinski definition) is 3. The van der Waals surface area contributed by atoms with Crippen LogP contribution in [0.1, 0.15) is 16.7 Å². The molecule has 0 atom stereocenters. The molecule has 8 aromatic rings. The smallest absolute Gasteiger partial charge is 0.161 e. The monoisotopic (exact) mass is 581 g/mol. The minimum absolute atomic E-state index is 0.462. The molecule has 0 bridgehead atoms. The average Bonchev–Trinajstić information content (AvgIpc) is 3.67. The maximum atomic E-state index is 6.36. The summed E-state index contributed by atoms with van der Waals surface area (Å²) in [7, 11) is 0. The molecule has 5 heteroatoms. The molecule has 0 N–H and O–H groups in total. The summed E-state index contributed by atoms with van der Waals surface area (Å²) in [6, 6.07) is 46.8. The summed E-state index contributed by atoms with van der Waals surface area (Å²) >= 11 is 0. The molecule has 0 unspecified atom stereocenters. The van der Waals surface area contributed by atoms with Crippen molar-refractivity contribution in [2.75, 3.05) is 0 Å². The summed E-state index contributed by atoms with van der Waals surface area (Å²) in [5.41, 5.74) is 8.15. The molecule has 0 aliphatic rings. The third-order valence-corrected chi connectivity index (χ3v) is 8.10. The van der Waals surface area contributed by atoms with Crippen LogP contribution in [0.5, 0.6) is 0 Å². The molecule has 0 aliphatic carbocycles. The maximum Gasteiger partial charge on any atom is 0.161 e. The number of furan rings is 2. The first kappa shape index (κ1) is 26.5. The summed E-state index contributed by atoms with van der Waals surface area (Å²) in [5.74, 6) is 1.01. The van der Waals surface area contributed by atoms with Gasteiger partial charge < -0.3 is 8.83 Å². The van der Waals surface area contributed by atoms with Gasteiger partial charge in [0.25, 0.3) is 0 Å². The molecule has 2 aromatic heterocycles. The SMILES string of the molecule is C=N/C(=N\C(=N/Cc1ccccc1)c1ccc2c(c1)oc1ccccc12)c1cccc2oc3cc(-c4ccccc4)ccc3c12. The van der Waals surface area contributed by atoms with Crippen molar-refractivity contribution in [3.63, 3.8) is 0 Å². The lowest BCUT2D eigenvalue weighted by molar-refractivity contribution is 0.668. The highest BCUT2D eigenvalue weighted by molar-refractivity contribution is 6.22. The van der Waals surface area contributed by atoms with Crippen LogP contribution in [0.3, 0.4) is 0 Å². The molecule has 0 spiro atoms. The van der Waals surface area contributed by atoms with Crippen LogP contribution in [0.15, 0.2) is 163 Å². The zero-order valence-corrected chi connectivity index (χ0v) is 24.4. The van der Waals surface area contributed by atoms with E-state index in [0.29, 0.717) is 18.2 Å². The highest BCUT2D eigenvalue weighted by atomic mass is 16.3. The maximum absolute atomic E-state index is 6.36. The van der Waals surface area contributed by atoms with Crippen molar-refractivity contribution < 1.29 is 8.83 Å². The van der Waals surface area contributed by atoms with Crippen molar-refractivity contribution in [1.82, 2.24) is 0 Å². The number of para-hydroxylation sites is 1. The lowest BCUT2D eigenvalue weighted by atomic mass is 10.0. The third kappa shape index (κ3) is 4.90. The Morgan fingerprint density at radius 1 is 0.533 bits per heavy atom. The Kier molecular flexibility index (Phi) is 6.61. The second-order valence-corrected chi connectivity index (χ2v) is 10.9. The number of benzene rings is 6.